The van der Waals surface area contributed by atoms with E-state index in [1.807, 2.05) is 54.6 Å². The number of nitrogens with one attached hydrogen (secondary N) is 1. The molecule has 1 saturated heterocycles. The Balaban J connectivity index is 1.63. The molecule has 1 N–H and O–H groups in total. The molecule has 0 amide bonds. The lowest BCUT2D eigenvalue weighted by Gasteiger charge is -2.30. The summed E-state index contributed by atoms with van der Waals surface area (Å²) in [4.78, 5) is 6.73. The zero-order chi connectivity index (χ0) is 22.8. The second kappa shape index (κ2) is 8.99. The lowest BCUT2D eigenvalue weighted by atomic mass is 10.0. The van der Waals surface area contributed by atoms with Gasteiger partial charge in [-0.15, -0.1) is 0 Å². The molecule has 8 heteroatoms. The predicted octanol–water partition coefficient (Wildman–Crippen LogP) is 4.72. The van der Waals surface area contributed by atoms with Gasteiger partial charge < -0.3 is 28.7 Å². The predicted molar refractivity (Wildman–Crippen MR) is 130 cm³/mol. The zero-order valence-electron chi connectivity index (χ0n) is 18.3. The lowest BCUT2D eigenvalue weighted by molar-refractivity contribution is 0.394. The van der Waals surface area contributed by atoms with Gasteiger partial charge in [0.15, 0.2) is 5.11 Å². The number of rotatable bonds is 7. The van der Waals surface area contributed by atoms with E-state index in [0.29, 0.717) is 23.2 Å². The Morgan fingerprint density at radius 3 is 2.70 bits per heavy atom. The molecular formula is C25H24N4O3S. The van der Waals surface area contributed by atoms with E-state index in [4.69, 9.17) is 26.1 Å². The summed E-state index contributed by atoms with van der Waals surface area (Å²) in [6, 6.07) is 19.4. The van der Waals surface area contributed by atoms with Gasteiger partial charge in [-0.05, 0) is 60.7 Å². The first kappa shape index (κ1) is 21.1. The van der Waals surface area contributed by atoms with E-state index in [0.717, 1.165) is 22.8 Å². The third kappa shape index (κ3) is 3.93. The molecule has 1 fully saturated rings. The summed E-state index contributed by atoms with van der Waals surface area (Å²) in [7, 11) is 3.29. The average Bonchev–Trinajstić information content (AvgIpc) is 3.60. The minimum absolute atomic E-state index is 0.157. The summed E-state index contributed by atoms with van der Waals surface area (Å²) >= 11 is 5.85. The van der Waals surface area contributed by atoms with Crippen molar-refractivity contribution in [3.05, 3.63) is 96.5 Å². The van der Waals surface area contributed by atoms with Crippen molar-refractivity contribution in [2.45, 2.75) is 18.6 Å². The van der Waals surface area contributed by atoms with Crippen LogP contribution in [-0.2, 0) is 6.54 Å². The highest BCUT2D eigenvalue weighted by molar-refractivity contribution is 7.80. The van der Waals surface area contributed by atoms with Crippen LogP contribution in [0, 0.1) is 0 Å². The van der Waals surface area contributed by atoms with Crippen LogP contribution >= 0.6 is 12.2 Å². The second-order valence-corrected chi connectivity index (χ2v) is 8.06. The first-order chi connectivity index (χ1) is 16.2. The normalized spacial score (nSPS) is 17.8. The highest BCUT2D eigenvalue weighted by atomic mass is 32.1. The van der Waals surface area contributed by atoms with Crippen LogP contribution in [0.5, 0.6) is 11.5 Å². The van der Waals surface area contributed by atoms with E-state index >= 15 is 0 Å². The zero-order valence-corrected chi connectivity index (χ0v) is 19.2. The van der Waals surface area contributed by atoms with E-state index in [1.165, 1.54) is 0 Å². The van der Waals surface area contributed by atoms with Crippen LogP contribution in [0.25, 0.3) is 0 Å². The summed E-state index contributed by atoms with van der Waals surface area (Å²) in [5.74, 6) is 2.27. The van der Waals surface area contributed by atoms with Crippen LogP contribution in [0.3, 0.4) is 0 Å². The van der Waals surface area contributed by atoms with Crippen molar-refractivity contribution < 1.29 is 13.9 Å². The molecular weight excluding hydrogens is 436 g/mol. The number of benzene rings is 1. The summed E-state index contributed by atoms with van der Waals surface area (Å²) in [5.41, 5.74) is 2.84. The Hall–Kier alpha value is -3.78. The third-order valence-corrected chi connectivity index (χ3v) is 6.13. The van der Waals surface area contributed by atoms with Gasteiger partial charge in [0.1, 0.15) is 23.3 Å². The van der Waals surface area contributed by atoms with Crippen LogP contribution in [0.2, 0.25) is 0 Å². The van der Waals surface area contributed by atoms with Gasteiger partial charge in [-0.1, -0.05) is 6.07 Å². The maximum Gasteiger partial charge on any atom is 0.174 e. The molecule has 1 aliphatic rings. The monoisotopic (exact) mass is 460 g/mol. The number of aromatic nitrogens is 2. The lowest BCUT2D eigenvalue weighted by Crippen LogP contribution is -2.30. The van der Waals surface area contributed by atoms with E-state index in [1.54, 1.807) is 26.7 Å². The van der Waals surface area contributed by atoms with Gasteiger partial charge in [-0.25, -0.2) is 0 Å². The number of methoxy groups -OCH3 is 2. The van der Waals surface area contributed by atoms with Gasteiger partial charge in [0.2, 0.25) is 0 Å². The van der Waals surface area contributed by atoms with E-state index in [-0.39, 0.29) is 12.1 Å². The molecule has 4 aromatic rings. The number of hydrogen-bond acceptors (Lipinski definition) is 5. The Bertz CT molecular complexity index is 1240. The van der Waals surface area contributed by atoms with Gasteiger partial charge in [0, 0.05) is 24.2 Å². The first-order valence-corrected chi connectivity index (χ1v) is 11.0. The highest BCUT2D eigenvalue weighted by Crippen LogP contribution is 2.45. The van der Waals surface area contributed by atoms with E-state index < -0.39 is 0 Å². The fourth-order valence-corrected chi connectivity index (χ4v) is 4.65. The molecule has 0 saturated carbocycles. The van der Waals surface area contributed by atoms with Crippen molar-refractivity contribution in [2.75, 3.05) is 19.1 Å². The standard InChI is InChI=1S/C25H24N4O3S/c1-30-17-10-11-20(22(15-17)31-2)29-24(23(27-25(29)33)19-8-3-4-12-26-19)21-9-5-13-28(21)16-18-7-6-14-32-18/h3-15,23-24H,16H2,1-2H3,(H,27,33)/t23-,24-/m0/s1. The topological polar surface area (TPSA) is 64.7 Å². The third-order valence-electron chi connectivity index (χ3n) is 5.82. The molecule has 0 bridgehead atoms. The van der Waals surface area contributed by atoms with Crippen molar-refractivity contribution in [1.82, 2.24) is 14.9 Å². The molecule has 2 atom stereocenters. The Morgan fingerprint density at radius 2 is 1.97 bits per heavy atom. The maximum absolute atomic E-state index is 5.85. The number of furan rings is 1. The Labute approximate surface area is 197 Å². The molecule has 0 unspecified atom stereocenters. The number of nitrogens with zero attached hydrogens (tertiary/aromatic N) is 3. The molecule has 5 rings (SSSR count). The number of ether oxygens (including phenoxy) is 2. The van der Waals surface area contributed by atoms with Crippen LogP contribution in [-0.4, -0.2) is 28.9 Å². The maximum atomic E-state index is 5.85. The van der Waals surface area contributed by atoms with Crippen molar-refractivity contribution in [3.8, 4) is 11.5 Å². The number of anilines is 1. The van der Waals surface area contributed by atoms with E-state index in [9.17, 15) is 0 Å². The van der Waals surface area contributed by atoms with Crippen LogP contribution in [0.4, 0.5) is 5.69 Å². The van der Waals surface area contributed by atoms with Crippen molar-refractivity contribution in [1.29, 1.82) is 0 Å². The summed E-state index contributed by atoms with van der Waals surface area (Å²) < 4.78 is 18.9. The Kier molecular flexibility index (Phi) is 5.75. The molecule has 0 radical (unpaired) electrons. The van der Waals surface area contributed by atoms with Gasteiger partial charge >= 0.3 is 0 Å². The van der Waals surface area contributed by atoms with Crippen LogP contribution in [0.1, 0.15) is 29.2 Å². The van der Waals surface area contributed by atoms with Crippen LogP contribution in [0.15, 0.2) is 83.7 Å². The number of thiocarbonyl (C=S) groups is 1. The molecule has 4 heterocycles. The minimum atomic E-state index is -0.167. The molecule has 0 spiro atoms. The molecule has 1 aliphatic heterocycles. The van der Waals surface area contributed by atoms with Crippen molar-refractivity contribution in [2.24, 2.45) is 0 Å². The number of pyridine rings is 1. The van der Waals surface area contributed by atoms with Crippen molar-refractivity contribution in [3.63, 3.8) is 0 Å². The van der Waals surface area contributed by atoms with Gasteiger partial charge in [-0.2, -0.15) is 0 Å². The minimum Gasteiger partial charge on any atom is -0.497 e. The van der Waals surface area contributed by atoms with Gasteiger partial charge in [0.25, 0.3) is 0 Å². The van der Waals surface area contributed by atoms with Crippen molar-refractivity contribution >= 4 is 23.0 Å². The second-order valence-electron chi connectivity index (χ2n) is 7.67. The molecule has 3 aromatic heterocycles. The average molecular weight is 461 g/mol. The van der Waals surface area contributed by atoms with Crippen LogP contribution < -0.4 is 19.7 Å². The summed E-state index contributed by atoms with van der Waals surface area (Å²) in [6.07, 6.45) is 5.55. The largest absolute Gasteiger partial charge is 0.497 e. The summed E-state index contributed by atoms with van der Waals surface area (Å²) in [5, 5.41) is 4.10. The Morgan fingerprint density at radius 1 is 1.06 bits per heavy atom. The number of hydrogen-bond donors (Lipinski definition) is 1. The fourth-order valence-electron chi connectivity index (χ4n) is 4.31. The van der Waals surface area contributed by atoms with E-state index in [2.05, 4.69) is 32.0 Å². The molecule has 0 aliphatic carbocycles. The molecule has 7 nitrogen and oxygen atoms in total. The molecule has 33 heavy (non-hydrogen) atoms. The SMILES string of the molecule is COc1ccc(N2C(=S)N[C@@H](c3ccccn3)[C@@H]2c2cccn2Cc2ccco2)c(OC)c1. The quantitative estimate of drug-likeness (QED) is 0.401. The highest BCUT2D eigenvalue weighted by Gasteiger charge is 2.43. The fraction of sp³-hybridized carbons (Fsp3) is 0.200. The van der Waals surface area contributed by atoms with Gasteiger partial charge in [0.05, 0.1) is 44.5 Å². The first-order valence-electron chi connectivity index (χ1n) is 10.6. The smallest absolute Gasteiger partial charge is 0.174 e. The molecule has 168 valence electrons. The van der Waals surface area contributed by atoms with Gasteiger partial charge in [-0.3, -0.25) is 4.98 Å². The molecule has 1 aromatic carbocycles. The summed E-state index contributed by atoms with van der Waals surface area (Å²) in [6.45, 7) is 0.612.